The Kier molecular flexibility index (Phi) is 5.05. The quantitative estimate of drug-likeness (QED) is 0.735. The number of pyridine rings is 1. The third-order valence-corrected chi connectivity index (χ3v) is 5.32. The largest absolute Gasteiger partial charge is 0.445 e. The van der Waals surface area contributed by atoms with Gasteiger partial charge >= 0.3 is 0 Å². The van der Waals surface area contributed by atoms with Gasteiger partial charge in [-0.15, -0.1) is 0 Å². The maximum absolute atomic E-state index is 13.4. The van der Waals surface area contributed by atoms with Crippen molar-refractivity contribution in [2.45, 2.75) is 31.6 Å². The van der Waals surface area contributed by atoms with Gasteiger partial charge < -0.3 is 14.3 Å². The van der Waals surface area contributed by atoms with Crippen LogP contribution in [-0.2, 0) is 11.8 Å². The number of benzene rings is 1. The van der Waals surface area contributed by atoms with Crippen LogP contribution in [0.15, 0.2) is 57.9 Å². The number of nitrogens with zero attached hydrogens (tertiary/aromatic N) is 2. The van der Waals surface area contributed by atoms with Gasteiger partial charge in [0, 0.05) is 25.6 Å². The van der Waals surface area contributed by atoms with E-state index in [0.29, 0.717) is 31.2 Å². The fraction of sp³-hybridized carbons (Fsp3) is 0.318. The van der Waals surface area contributed by atoms with Crippen LogP contribution >= 0.6 is 0 Å². The Morgan fingerprint density at radius 2 is 2.14 bits per heavy atom. The highest BCUT2D eigenvalue weighted by Gasteiger charge is 2.38. The number of amides is 1. The van der Waals surface area contributed by atoms with Crippen molar-refractivity contribution in [1.82, 2.24) is 14.9 Å². The van der Waals surface area contributed by atoms with Gasteiger partial charge in [0.2, 0.25) is 11.4 Å². The van der Waals surface area contributed by atoms with Gasteiger partial charge in [-0.25, -0.2) is 9.37 Å². The van der Waals surface area contributed by atoms with Gasteiger partial charge in [-0.2, -0.15) is 0 Å². The molecule has 4 rings (SSSR count). The molecule has 0 spiro atoms. The smallest absolute Gasteiger partial charge is 0.270 e. The molecular formula is C22H22FN3O3. The Balaban J connectivity index is 1.51. The number of piperidine rings is 1. The Labute approximate surface area is 167 Å². The molecule has 7 heteroatoms. The molecule has 0 unspecified atom stereocenters. The number of hydrogen-bond acceptors (Lipinski definition) is 4. The van der Waals surface area contributed by atoms with Gasteiger partial charge in [0.15, 0.2) is 0 Å². The van der Waals surface area contributed by atoms with E-state index in [1.165, 1.54) is 18.2 Å². The van der Waals surface area contributed by atoms with E-state index >= 15 is 0 Å². The van der Waals surface area contributed by atoms with Gasteiger partial charge in [0.1, 0.15) is 17.3 Å². The number of rotatable bonds is 4. The van der Waals surface area contributed by atoms with Crippen molar-refractivity contribution >= 4 is 5.91 Å². The summed E-state index contributed by atoms with van der Waals surface area (Å²) in [7, 11) is 0. The average molecular weight is 395 g/mol. The van der Waals surface area contributed by atoms with Crippen molar-refractivity contribution in [3.8, 4) is 0 Å². The molecule has 0 aliphatic carbocycles. The van der Waals surface area contributed by atoms with Crippen LogP contribution < -0.4 is 5.56 Å². The molecule has 1 atom stereocenters. The van der Waals surface area contributed by atoms with E-state index < -0.39 is 5.41 Å². The van der Waals surface area contributed by atoms with Crippen LogP contribution in [0.5, 0.6) is 0 Å². The molecular weight excluding hydrogens is 373 g/mol. The molecule has 1 N–H and O–H groups in total. The average Bonchev–Trinajstić information content (AvgIpc) is 3.17. The van der Waals surface area contributed by atoms with Crippen LogP contribution in [0.3, 0.4) is 0 Å². The number of H-pyrrole nitrogens is 1. The summed E-state index contributed by atoms with van der Waals surface area (Å²) in [5.41, 5.74) is 0.362. The number of halogens is 1. The third kappa shape index (κ3) is 4.13. The highest BCUT2D eigenvalue weighted by molar-refractivity contribution is 5.92. The molecule has 3 aromatic rings. The van der Waals surface area contributed by atoms with Gasteiger partial charge in [0.05, 0.1) is 11.6 Å². The van der Waals surface area contributed by atoms with E-state index in [0.717, 1.165) is 18.4 Å². The number of carbonyl (C=O) groups excluding carboxylic acids is 1. The number of hydrogen-bond donors (Lipinski definition) is 1. The fourth-order valence-corrected chi connectivity index (χ4v) is 3.85. The van der Waals surface area contributed by atoms with Crippen molar-refractivity contribution < 1.29 is 13.6 Å². The van der Waals surface area contributed by atoms with E-state index in [9.17, 15) is 14.0 Å². The number of carbonyl (C=O) groups is 1. The number of aromatic nitrogens is 2. The zero-order valence-electron chi connectivity index (χ0n) is 16.2. The zero-order chi connectivity index (χ0) is 20.4. The van der Waals surface area contributed by atoms with E-state index in [1.54, 1.807) is 29.3 Å². The third-order valence-electron chi connectivity index (χ3n) is 5.32. The van der Waals surface area contributed by atoms with E-state index in [4.69, 9.17) is 4.42 Å². The summed E-state index contributed by atoms with van der Waals surface area (Å²) >= 11 is 0. The van der Waals surface area contributed by atoms with Crippen LogP contribution in [-0.4, -0.2) is 33.9 Å². The normalized spacial score (nSPS) is 19.3. The first kappa shape index (κ1) is 19.1. The summed E-state index contributed by atoms with van der Waals surface area (Å²) in [6.07, 6.45) is 3.76. The lowest BCUT2D eigenvalue weighted by molar-refractivity contribution is 0.0620. The van der Waals surface area contributed by atoms with E-state index in [-0.39, 0.29) is 23.0 Å². The Bertz CT molecular complexity index is 1090. The van der Waals surface area contributed by atoms with Crippen molar-refractivity contribution in [3.05, 3.63) is 87.7 Å². The highest BCUT2D eigenvalue weighted by atomic mass is 19.1. The second-order valence-electron chi connectivity index (χ2n) is 7.76. The molecule has 1 saturated heterocycles. The molecule has 3 heterocycles. The molecule has 2 aromatic heterocycles. The Hall–Kier alpha value is -3.22. The van der Waals surface area contributed by atoms with Crippen molar-refractivity contribution in [2.24, 2.45) is 0 Å². The summed E-state index contributed by atoms with van der Waals surface area (Å²) in [6, 6.07) is 11.0. The number of oxazole rings is 1. The molecule has 1 fully saturated rings. The standard InChI is InChI=1S/C22H22FN3O3/c1-22(21-24-13-17(29-21)12-15-5-2-6-16(23)11-15)9-4-10-26(14-22)20(28)18-7-3-8-19(27)25-18/h2-3,5-8,11,13H,4,9-10,12,14H2,1H3,(H,25,27)/t22-/m1/s1. The summed E-state index contributed by atoms with van der Waals surface area (Å²) in [6.45, 7) is 3.09. The van der Waals surface area contributed by atoms with Crippen LogP contribution in [0.1, 0.15) is 47.5 Å². The van der Waals surface area contributed by atoms with Crippen molar-refractivity contribution in [2.75, 3.05) is 13.1 Å². The van der Waals surface area contributed by atoms with Gasteiger partial charge in [-0.1, -0.05) is 18.2 Å². The molecule has 0 saturated carbocycles. The lowest BCUT2D eigenvalue weighted by Gasteiger charge is -2.38. The van der Waals surface area contributed by atoms with E-state index in [2.05, 4.69) is 9.97 Å². The minimum atomic E-state index is -0.427. The van der Waals surface area contributed by atoms with Crippen LogP contribution in [0, 0.1) is 5.82 Å². The maximum atomic E-state index is 13.4. The predicted molar refractivity (Wildman–Crippen MR) is 105 cm³/mol. The molecule has 1 amide bonds. The first-order chi connectivity index (χ1) is 13.9. The Morgan fingerprint density at radius 3 is 2.93 bits per heavy atom. The minimum absolute atomic E-state index is 0.208. The first-order valence-electron chi connectivity index (χ1n) is 9.61. The number of likely N-dealkylation sites (tertiary alicyclic amines) is 1. The molecule has 1 aliphatic heterocycles. The second-order valence-corrected chi connectivity index (χ2v) is 7.76. The molecule has 0 bridgehead atoms. The summed E-state index contributed by atoms with van der Waals surface area (Å²) < 4.78 is 19.4. The summed E-state index contributed by atoms with van der Waals surface area (Å²) in [5, 5.41) is 0. The van der Waals surface area contributed by atoms with Crippen LogP contribution in [0.2, 0.25) is 0 Å². The molecule has 1 aromatic carbocycles. The van der Waals surface area contributed by atoms with Crippen molar-refractivity contribution in [1.29, 1.82) is 0 Å². The molecule has 29 heavy (non-hydrogen) atoms. The summed E-state index contributed by atoms with van der Waals surface area (Å²) in [4.78, 5) is 33.1. The molecule has 6 nitrogen and oxygen atoms in total. The Morgan fingerprint density at radius 1 is 1.31 bits per heavy atom. The van der Waals surface area contributed by atoms with Gasteiger partial charge in [-0.05, 0) is 43.5 Å². The zero-order valence-corrected chi connectivity index (χ0v) is 16.2. The lowest BCUT2D eigenvalue weighted by Crippen LogP contribution is -2.47. The second kappa shape index (κ2) is 7.66. The monoisotopic (exact) mass is 395 g/mol. The number of aromatic amines is 1. The van der Waals surface area contributed by atoms with E-state index in [1.807, 2.05) is 13.0 Å². The minimum Gasteiger partial charge on any atom is -0.445 e. The van der Waals surface area contributed by atoms with Gasteiger partial charge in [-0.3, -0.25) is 9.59 Å². The fourth-order valence-electron chi connectivity index (χ4n) is 3.85. The lowest BCUT2D eigenvalue weighted by atomic mass is 9.81. The predicted octanol–water partition coefficient (Wildman–Crippen LogP) is 3.29. The molecule has 1 aliphatic rings. The summed E-state index contributed by atoms with van der Waals surface area (Å²) in [5.74, 6) is 0.736. The first-order valence-corrected chi connectivity index (χ1v) is 9.61. The highest BCUT2D eigenvalue weighted by Crippen LogP contribution is 2.34. The maximum Gasteiger partial charge on any atom is 0.270 e. The van der Waals surface area contributed by atoms with Crippen LogP contribution in [0.25, 0.3) is 0 Å². The molecule has 150 valence electrons. The topological polar surface area (TPSA) is 79.2 Å². The number of nitrogens with one attached hydrogen (secondary N) is 1. The SMILES string of the molecule is C[C@@]1(c2ncc(Cc3cccc(F)c3)o2)CCCN(C(=O)c2cccc(=O)[nH]2)C1. The van der Waals surface area contributed by atoms with Crippen molar-refractivity contribution in [3.63, 3.8) is 0 Å². The van der Waals surface area contributed by atoms with Crippen LogP contribution in [0.4, 0.5) is 4.39 Å². The molecule has 0 radical (unpaired) electrons. The van der Waals surface area contributed by atoms with Gasteiger partial charge in [0.25, 0.3) is 5.91 Å².